The highest BCUT2D eigenvalue weighted by Crippen LogP contribution is 2.13. The Labute approximate surface area is 156 Å². The Morgan fingerprint density at radius 3 is 1.36 bits per heavy atom. The molecule has 0 heterocycles. The van der Waals surface area contributed by atoms with Crippen LogP contribution in [0.25, 0.3) is 0 Å². The number of carbonyl (C=O) groups excluding carboxylic acids is 1. The highest BCUT2D eigenvalue weighted by atomic mass is 16.4. The first-order valence-electron chi connectivity index (χ1n) is 10.5. The van der Waals surface area contributed by atoms with Crippen LogP contribution >= 0.6 is 0 Å². The van der Waals surface area contributed by atoms with Crippen molar-refractivity contribution in [2.75, 3.05) is 13.6 Å². The van der Waals surface area contributed by atoms with E-state index in [0.717, 1.165) is 19.1 Å². The first-order valence-corrected chi connectivity index (χ1v) is 10.5. The summed E-state index contributed by atoms with van der Waals surface area (Å²) in [6.07, 6.45) is 22.6. The van der Waals surface area contributed by atoms with Crippen LogP contribution in [0.2, 0.25) is 0 Å². The standard InChI is InChI=1S/C18H36O.C3H7NO2/c1-2-3-4-5-6-7-8-9-10-11-12-13-14-15-16-17-18-19;1-4-2-3(5)6/h18H,2-17H2,1H3;4H,2H2,1H3,(H,5,6). The van der Waals surface area contributed by atoms with Gasteiger partial charge in [-0.3, -0.25) is 4.79 Å². The summed E-state index contributed by atoms with van der Waals surface area (Å²) in [5.74, 6) is -0.822. The summed E-state index contributed by atoms with van der Waals surface area (Å²) in [7, 11) is 1.59. The van der Waals surface area contributed by atoms with E-state index in [-0.39, 0.29) is 6.54 Å². The van der Waals surface area contributed by atoms with Crippen LogP contribution < -0.4 is 5.32 Å². The lowest BCUT2D eigenvalue weighted by Gasteiger charge is -2.02. The van der Waals surface area contributed by atoms with E-state index >= 15 is 0 Å². The quantitative estimate of drug-likeness (QED) is 0.242. The van der Waals surface area contributed by atoms with Crippen LogP contribution in [0.1, 0.15) is 110 Å². The number of aliphatic carboxylic acids is 1. The van der Waals surface area contributed by atoms with Crippen molar-refractivity contribution in [3.05, 3.63) is 0 Å². The van der Waals surface area contributed by atoms with Gasteiger partial charge in [-0.2, -0.15) is 0 Å². The fourth-order valence-electron chi connectivity index (χ4n) is 2.75. The van der Waals surface area contributed by atoms with Gasteiger partial charge in [0.1, 0.15) is 6.29 Å². The van der Waals surface area contributed by atoms with Crippen molar-refractivity contribution in [1.82, 2.24) is 5.32 Å². The number of carboxylic acids is 1. The Kier molecular flexibility index (Phi) is 26.7. The number of nitrogens with one attached hydrogen (secondary N) is 1. The lowest BCUT2D eigenvalue weighted by Crippen LogP contribution is -2.16. The molecule has 0 rings (SSSR count). The maximum Gasteiger partial charge on any atom is 0.317 e. The summed E-state index contributed by atoms with van der Waals surface area (Å²) in [4.78, 5) is 19.7. The van der Waals surface area contributed by atoms with Gasteiger partial charge in [0.2, 0.25) is 0 Å². The minimum Gasteiger partial charge on any atom is -0.480 e. The number of hydrogen-bond donors (Lipinski definition) is 2. The molecule has 0 saturated carbocycles. The van der Waals surface area contributed by atoms with Crippen molar-refractivity contribution < 1.29 is 14.7 Å². The van der Waals surface area contributed by atoms with E-state index in [1.54, 1.807) is 7.05 Å². The molecule has 2 N–H and O–H groups in total. The number of unbranched alkanes of at least 4 members (excludes halogenated alkanes) is 15. The number of likely N-dealkylation sites (N-methyl/N-ethyl adjacent to an activating group) is 1. The Balaban J connectivity index is 0. The topological polar surface area (TPSA) is 66.4 Å². The van der Waals surface area contributed by atoms with Crippen LogP contribution in [0.4, 0.5) is 0 Å². The summed E-state index contributed by atoms with van der Waals surface area (Å²) >= 11 is 0. The molecule has 0 radical (unpaired) electrons. The zero-order valence-corrected chi connectivity index (χ0v) is 16.9. The van der Waals surface area contributed by atoms with Gasteiger partial charge in [0.05, 0.1) is 6.54 Å². The molecule has 0 aliphatic heterocycles. The third-order valence-corrected chi connectivity index (χ3v) is 4.25. The molecule has 0 aromatic rings. The van der Waals surface area contributed by atoms with Crippen LogP contribution in [-0.4, -0.2) is 31.0 Å². The molecule has 0 aromatic heterocycles. The van der Waals surface area contributed by atoms with E-state index in [2.05, 4.69) is 12.2 Å². The smallest absolute Gasteiger partial charge is 0.317 e. The van der Waals surface area contributed by atoms with Crippen LogP contribution in [0.15, 0.2) is 0 Å². The molecule has 0 atom stereocenters. The monoisotopic (exact) mass is 357 g/mol. The van der Waals surface area contributed by atoms with E-state index in [9.17, 15) is 9.59 Å². The summed E-state index contributed by atoms with van der Waals surface area (Å²) < 4.78 is 0. The lowest BCUT2D eigenvalue weighted by molar-refractivity contribution is -0.135. The second-order valence-electron chi connectivity index (χ2n) is 6.83. The second-order valence-corrected chi connectivity index (χ2v) is 6.83. The average molecular weight is 358 g/mol. The molecule has 0 spiro atoms. The highest BCUT2D eigenvalue weighted by molar-refractivity contribution is 5.68. The minimum atomic E-state index is -0.822. The summed E-state index contributed by atoms with van der Waals surface area (Å²) in [5.41, 5.74) is 0. The van der Waals surface area contributed by atoms with Crippen LogP contribution in [-0.2, 0) is 9.59 Å². The van der Waals surface area contributed by atoms with E-state index in [1.165, 1.54) is 89.9 Å². The van der Waals surface area contributed by atoms with Crippen molar-refractivity contribution in [1.29, 1.82) is 0 Å². The number of carbonyl (C=O) groups is 2. The molecular formula is C21H43NO3. The van der Waals surface area contributed by atoms with Gasteiger partial charge in [-0.1, -0.05) is 96.8 Å². The molecule has 150 valence electrons. The van der Waals surface area contributed by atoms with Crippen LogP contribution in [0.3, 0.4) is 0 Å². The molecule has 0 aliphatic carbocycles. The van der Waals surface area contributed by atoms with Crippen molar-refractivity contribution >= 4 is 12.3 Å². The second kappa shape index (κ2) is 25.3. The Morgan fingerprint density at radius 2 is 1.12 bits per heavy atom. The van der Waals surface area contributed by atoms with E-state index in [0.29, 0.717) is 0 Å². The van der Waals surface area contributed by atoms with Gasteiger partial charge in [-0.25, -0.2) is 0 Å². The van der Waals surface area contributed by atoms with E-state index < -0.39 is 5.97 Å². The number of carboxylic acid groups (broad SMARTS) is 1. The van der Waals surface area contributed by atoms with Crippen LogP contribution in [0, 0.1) is 0 Å². The summed E-state index contributed by atoms with van der Waals surface area (Å²) in [6, 6.07) is 0. The summed E-state index contributed by atoms with van der Waals surface area (Å²) in [5, 5.41) is 10.3. The first kappa shape index (κ1) is 26.3. The van der Waals surface area contributed by atoms with Crippen LogP contribution in [0.5, 0.6) is 0 Å². The van der Waals surface area contributed by atoms with Gasteiger partial charge in [0.25, 0.3) is 0 Å². The van der Waals surface area contributed by atoms with E-state index in [1.807, 2.05) is 0 Å². The Bertz CT molecular complexity index is 270. The van der Waals surface area contributed by atoms with Crippen molar-refractivity contribution in [2.24, 2.45) is 0 Å². The number of aldehydes is 1. The van der Waals surface area contributed by atoms with Crippen molar-refractivity contribution in [3.8, 4) is 0 Å². The predicted octanol–water partition coefficient (Wildman–Crippen LogP) is 5.74. The molecule has 0 saturated heterocycles. The zero-order chi connectivity index (χ0) is 19.0. The molecule has 0 aromatic carbocycles. The molecular weight excluding hydrogens is 314 g/mol. The Hall–Kier alpha value is -0.900. The average Bonchev–Trinajstić information content (AvgIpc) is 2.59. The van der Waals surface area contributed by atoms with Gasteiger partial charge >= 0.3 is 5.97 Å². The molecule has 0 unspecified atom stereocenters. The Morgan fingerprint density at radius 1 is 0.760 bits per heavy atom. The summed E-state index contributed by atoms with van der Waals surface area (Å²) in [6.45, 7) is 2.32. The predicted molar refractivity (Wildman–Crippen MR) is 107 cm³/mol. The minimum absolute atomic E-state index is 0.0417. The maximum atomic E-state index is 10.1. The SMILES string of the molecule is CCCCCCCCCCCCCCCCCC=O.CNCC(=O)O. The third kappa shape index (κ3) is 31.4. The first-order chi connectivity index (χ1) is 12.2. The van der Waals surface area contributed by atoms with Gasteiger partial charge in [0.15, 0.2) is 0 Å². The molecule has 0 aliphatic rings. The fraction of sp³-hybridized carbons (Fsp3) is 0.905. The van der Waals surface area contributed by atoms with Crippen molar-refractivity contribution in [2.45, 2.75) is 110 Å². The highest BCUT2D eigenvalue weighted by Gasteiger charge is 1.94. The van der Waals surface area contributed by atoms with Gasteiger partial charge in [-0.05, 0) is 13.5 Å². The number of hydrogen-bond acceptors (Lipinski definition) is 3. The molecule has 0 bridgehead atoms. The molecule has 4 heteroatoms. The molecule has 0 fully saturated rings. The lowest BCUT2D eigenvalue weighted by atomic mass is 10.0. The normalized spacial score (nSPS) is 10.2. The number of rotatable bonds is 18. The molecule has 0 amide bonds. The molecule has 25 heavy (non-hydrogen) atoms. The largest absolute Gasteiger partial charge is 0.480 e. The zero-order valence-electron chi connectivity index (χ0n) is 16.9. The van der Waals surface area contributed by atoms with Gasteiger partial charge < -0.3 is 15.2 Å². The van der Waals surface area contributed by atoms with E-state index in [4.69, 9.17) is 5.11 Å². The van der Waals surface area contributed by atoms with Gasteiger partial charge in [-0.15, -0.1) is 0 Å². The van der Waals surface area contributed by atoms with Crippen molar-refractivity contribution in [3.63, 3.8) is 0 Å². The third-order valence-electron chi connectivity index (χ3n) is 4.25. The van der Waals surface area contributed by atoms with Gasteiger partial charge in [0, 0.05) is 6.42 Å². The maximum absolute atomic E-state index is 10.1. The molecule has 4 nitrogen and oxygen atoms in total. The fourth-order valence-corrected chi connectivity index (χ4v) is 2.75.